The maximum Gasteiger partial charge on any atom is 0.326 e. The predicted octanol–water partition coefficient (Wildman–Crippen LogP) is 0.131. The van der Waals surface area contributed by atoms with E-state index in [9.17, 15) is 24.3 Å². The van der Waals surface area contributed by atoms with E-state index in [-0.39, 0.29) is 17.3 Å². The number of aliphatic carboxylic acids is 1. The third kappa shape index (κ3) is 4.27. The molecule has 114 valence electrons. The molecule has 1 rings (SSSR count). The predicted molar refractivity (Wildman–Crippen MR) is 74.0 cm³/mol. The maximum atomic E-state index is 11.9. The zero-order valence-electron chi connectivity index (χ0n) is 12.1. The van der Waals surface area contributed by atoms with Crippen LogP contribution in [0.3, 0.4) is 0 Å². The van der Waals surface area contributed by atoms with Gasteiger partial charge in [0.1, 0.15) is 6.04 Å². The molecule has 3 N–H and O–H groups in total. The standard InChI is InChI=1S/C14H18N2O5/c1-4-7(2)13(14(20)21)16-10-6-11(18)9(5-12(10)19)15-8(3)17/h5-7,13,16H,4H2,1-3H3,(H,15,17)(H,20,21). The van der Waals surface area contributed by atoms with Crippen LogP contribution in [-0.4, -0.2) is 34.6 Å². The quantitative estimate of drug-likeness (QED) is 0.600. The summed E-state index contributed by atoms with van der Waals surface area (Å²) < 4.78 is 0. The van der Waals surface area contributed by atoms with Crippen molar-refractivity contribution in [3.8, 4) is 0 Å². The summed E-state index contributed by atoms with van der Waals surface area (Å²) in [4.78, 5) is 45.8. The van der Waals surface area contributed by atoms with E-state index in [1.54, 1.807) is 6.92 Å². The molecule has 0 heterocycles. The van der Waals surface area contributed by atoms with E-state index in [1.165, 1.54) is 6.92 Å². The summed E-state index contributed by atoms with van der Waals surface area (Å²) in [5.74, 6) is -2.88. The first-order valence-corrected chi connectivity index (χ1v) is 6.55. The average molecular weight is 294 g/mol. The van der Waals surface area contributed by atoms with Crippen LogP contribution in [0, 0.1) is 5.92 Å². The molecule has 1 aliphatic rings. The molecule has 1 amide bonds. The molecular formula is C14H18N2O5. The van der Waals surface area contributed by atoms with Gasteiger partial charge in [-0.05, 0) is 5.92 Å². The third-order valence-electron chi connectivity index (χ3n) is 3.18. The van der Waals surface area contributed by atoms with E-state index in [0.29, 0.717) is 6.42 Å². The monoisotopic (exact) mass is 294 g/mol. The van der Waals surface area contributed by atoms with Crippen molar-refractivity contribution < 1.29 is 24.3 Å². The van der Waals surface area contributed by atoms with Crippen molar-refractivity contribution in [3.05, 3.63) is 23.5 Å². The second kappa shape index (κ2) is 6.83. The van der Waals surface area contributed by atoms with E-state index in [1.807, 2.05) is 6.92 Å². The Bertz CT molecular complexity index is 548. The fraction of sp³-hybridized carbons (Fsp3) is 0.429. The third-order valence-corrected chi connectivity index (χ3v) is 3.18. The Hall–Kier alpha value is -2.44. The second-order valence-corrected chi connectivity index (χ2v) is 4.87. The van der Waals surface area contributed by atoms with E-state index in [2.05, 4.69) is 10.6 Å². The highest BCUT2D eigenvalue weighted by molar-refractivity contribution is 6.20. The number of carbonyl (C=O) groups is 4. The van der Waals surface area contributed by atoms with Gasteiger partial charge in [-0.3, -0.25) is 14.4 Å². The van der Waals surface area contributed by atoms with Crippen LogP contribution in [0.25, 0.3) is 0 Å². The van der Waals surface area contributed by atoms with Gasteiger partial charge < -0.3 is 15.7 Å². The van der Waals surface area contributed by atoms with Crippen LogP contribution in [0.4, 0.5) is 0 Å². The first-order chi connectivity index (χ1) is 9.76. The zero-order valence-corrected chi connectivity index (χ0v) is 12.1. The molecule has 7 nitrogen and oxygen atoms in total. The summed E-state index contributed by atoms with van der Waals surface area (Å²) in [5, 5.41) is 14.0. The summed E-state index contributed by atoms with van der Waals surface area (Å²) >= 11 is 0. The Labute approximate surface area is 122 Å². The zero-order chi connectivity index (χ0) is 16.2. The largest absolute Gasteiger partial charge is 0.480 e. The highest BCUT2D eigenvalue weighted by Crippen LogP contribution is 2.13. The van der Waals surface area contributed by atoms with Gasteiger partial charge in [0.15, 0.2) is 0 Å². The van der Waals surface area contributed by atoms with Gasteiger partial charge in [-0.2, -0.15) is 0 Å². The van der Waals surface area contributed by atoms with Gasteiger partial charge in [0.2, 0.25) is 17.5 Å². The molecule has 0 bridgehead atoms. The van der Waals surface area contributed by atoms with Crippen LogP contribution in [0.2, 0.25) is 0 Å². The molecule has 21 heavy (non-hydrogen) atoms. The molecule has 0 saturated heterocycles. The van der Waals surface area contributed by atoms with Crippen LogP contribution < -0.4 is 10.6 Å². The minimum atomic E-state index is -1.10. The number of nitrogens with one attached hydrogen (secondary N) is 2. The molecule has 0 spiro atoms. The smallest absolute Gasteiger partial charge is 0.326 e. The fourth-order valence-electron chi connectivity index (χ4n) is 1.81. The van der Waals surface area contributed by atoms with Gasteiger partial charge in [0.05, 0.1) is 11.4 Å². The van der Waals surface area contributed by atoms with Crippen molar-refractivity contribution >= 4 is 23.4 Å². The van der Waals surface area contributed by atoms with Crippen LogP contribution in [0.1, 0.15) is 27.2 Å². The van der Waals surface area contributed by atoms with Crippen molar-refractivity contribution in [2.45, 2.75) is 33.2 Å². The first-order valence-electron chi connectivity index (χ1n) is 6.55. The lowest BCUT2D eigenvalue weighted by Gasteiger charge is -2.23. The van der Waals surface area contributed by atoms with Gasteiger partial charge in [0.25, 0.3) is 0 Å². The molecule has 0 aliphatic heterocycles. The van der Waals surface area contributed by atoms with Gasteiger partial charge >= 0.3 is 5.97 Å². The van der Waals surface area contributed by atoms with E-state index in [0.717, 1.165) is 12.2 Å². The molecule has 2 atom stereocenters. The van der Waals surface area contributed by atoms with Crippen LogP contribution in [-0.2, 0) is 19.2 Å². The topological polar surface area (TPSA) is 113 Å². The van der Waals surface area contributed by atoms with Gasteiger partial charge in [-0.15, -0.1) is 0 Å². The van der Waals surface area contributed by atoms with Gasteiger partial charge in [-0.1, -0.05) is 20.3 Å². The SMILES string of the molecule is CCC(C)C(NC1=CC(=O)C(NC(C)=O)=CC1=O)C(=O)O. The summed E-state index contributed by atoms with van der Waals surface area (Å²) in [6.45, 7) is 4.79. The van der Waals surface area contributed by atoms with Crippen LogP contribution >= 0.6 is 0 Å². The van der Waals surface area contributed by atoms with Crippen LogP contribution in [0.5, 0.6) is 0 Å². The molecule has 1 aliphatic carbocycles. The number of amides is 1. The Kier molecular flexibility index (Phi) is 5.40. The van der Waals surface area contributed by atoms with Crippen molar-refractivity contribution in [1.82, 2.24) is 10.6 Å². The summed E-state index contributed by atoms with van der Waals surface area (Å²) in [5.41, 5.74) is -0.199. The fourth-order valence-corrected chi connectivity index (χ4v) is 1.81. The lowest BCUT2D eigenvalue weighted by molar-refractivity contribution is -0.140. The molecule has 0 saturated carbocycles. The summed E-state index contributed by atoms with van der Waals surface area (Å²) in [7, 11) is 0. The Morgan fingerprint density at radius 3 is 2.19 bits per heavy atom. The lowest BCUT2D eigenvalue weighted by atomic mass is 9.97. The van der Waals surface area contributed by atoms with E-state index >= 15 is 0 Å². The second-order valence-electron chi connectivity index (χ2n) is 4.87. The number of rotatable bonds is 6. The molecule has 2 unspecified atom stereocenters. The highest BCUT2D eigenvalue weighted by atomic mass is 16.4. The Balaban J connectivity index is 2.91. The molecular weight excluding hydrogens is 276 g/mol. The normalized spacial score (nSPS) is 17.5. The number of hydrogen-bond donors (Lipinski definition) is 3. The molecule has 0 aromatic heterocycles. The van der Waals surface area contributed by atoms with Crippen molar-refractivity contribution in [3.63, 3.8) is 0 Å². The number of carboxylic acid groups (broad SMARTS) is 1. The molecule has 0 aromatic carbocycles. The number of allylic oxidation sites excluding steroid dienone is 2. The molecule has 7 heteroatoms. The minimum Gasteiger partial charge on any atom is -0.480 e. The minimum absolute atomic E-state index is 0.0817. The maximum absolute atomic E-state index is 11.9. The number of carbonyl (C=O) groups excluding carboxylic acids is 3. The summed E-state index contributed by atoms with van der Waals surface area (Å²) in [6.07, 6.45) is 2.60. The number of carboxylic acids is 1. The van der Waals surface area contributed by atoms with Crippen molar-refractivity contribution in [2.75, 3.05) is 0 Å². The highest BCUT2D eigenvalue weighted by Gasteiger charge is 2.28. The van der Waals surface area contributed by atoms with Crippen molar-refractivity contribution in [1.29, 1.82) is 0 Å². The number of ketones is 2. The summed E-state index contributed by atoms with van der Waals surface area (Å²) in [6, 6.07) is -0.964. The number of hydrogen-bond acceptors (Lipinski definition) is 5. The average Bonchev–Trinajstić information content (AvgIpc) is 2.39. The van der Waals surface area contributed by atoms with E-state index < -0.39 is 29.5 Å². The van der Waals surface area contributed by atoms with Gasteiger partial charge in [-0.25, -0.2) is 4.79 Å². The Morgan fingerprint density at radius 2 is 1.71 bits per heavy atom. The molecule has 0 aromatic rings. The van der Waals surface area contributed by atoms with Gasteiger partial charge in [0, 0.05) is 19.1 Å². The van der Waals surface area contributed by atoms with Crippen molar-refractivity contribution in [2.24, 2.45) is 5.92 Å². The first kappa shape index (κ1) is 16.6. The Morgan fingerprint density at radius 1 is 1.19 bits per heavy atom. The lowest BCUT2D eigenvalue weighted by Crippen LogP contribution is -2.44. The van der Waals surface area contributed by atoms with E-state index in [4.69, 9.17) is 0 Å². The molecule has 0 fully saturated rings. The van der Waals surface area contributed by atoms with Crippen LogP contribution in [0.15, 0.2) is 23.5 Å². The molecule has 0 radical (unpaired) electrons.